The lowest BCUT2D eigenvalue weighted by Gasteiger charge is -2.05. The second kappa shape index (κ2) is 5.48. The van der Waals surface area contributed by atoms with Gasteiger partial charge in [-0.05, 0) is 29.8 Å². The molecule has 0 saturated heterocycles. The SMILES string of the molecule is Nc1cc(Br)cc(C(=O)Cc2cccc(F)c2F)c1. The topological polar surface area (TPSA) is 43.1 Å². The van der Waals surface area contributed by atoms with Crippen molar-refractivity contribution in [2.24, 2.45) is 0 Å². The van der Waals surface area contributed by atoms with E-state index in [0.29, 0.717) is 15.7 Å². The first-order chi connectivity index (χ1) is 8.97. The Kier molecular flexibility index (Phi) is 3.95. The lowest BCUT2D eigenvalue weighted by atomic mass is 10.0. The Morgan fingerprint density at radius 2 is 1.95 bits per heavy atom. The average Bonchev–Trinajstić information content (AvgIpc) is 2.33. The Morgan fingerprint density at radius 3 is 2.63 bits per heavy atom. The second-order valence-corrected chi connectivity index (χ2v) is 5.00. The predicted molar refractivity (Wildman–Crippen MR) is 72.9 cm³/mol. The van der Waals surface area contributed by atoms with Crippen molar-refractivity contribution in [3.63, 3.8) is 0 Å². The average molecular weight is 326 g/mol. The van der Waals surface area contributed by atoms with Gasteiger partial charge in [-0.15, -0.1) is 0 Å². The van der Waals surface area contributed by atoms with E-state index in [4.69, 9.17) is 5.73 Å². The minimum Gasteiger partial charge on any atom is -0.399 e. The van der Waals surface area contributed by atoms with Crippen LogP contribution in [-0.4, -0.2) is 5.78 Å². The quantitative estimate of drug-likeness (QED) is 0.690. The smallest absolute Gasteiger partial charge is 0.167 e. The Bertz CT molecular complexity index is 623. The second-order valence-electron chi connectivity index (χ2n) is 4.09. The highest BCUT2D eigenvalue weighted by atomic mass is 79.9. The van der Waals surface area contributed by atoms with Crippen LogP contribution < -0.4 is 5.73 Å². The van der Waals surface area contributed by atoms with Gasteiger partial charge in [0, 0.05) is 22.1 Å². The summed E-state index contributed by atoms with van der Waals surface area (Å²) < 4.78 is 27.2. The van der Waals surface area contributed by atoms with Crippen molar-refractivity contribution in [3.05, 3.63) is 63.6 Å². The maximum absolute atomic E-state index is 13.5. The van der Waals surface area contributed by atoms with E-state index in [1.165, 1.54) is 18.2 Å². The number of rotatable bonds is 3. The van der Waals surface area contributed by atoms with Crippen LogP contribution in [0.25, 0.3) is 0 Å². The molecular formula is C14H10BrF2NO. The van der Waals surface area contributed by atoms with Crippen molar-refractivity contribution in [1.82, 2.24) is 0 Å². The summed E-state index contributed by atoms with van der Waals surface area (Å²) in [6, 6.07) is 8.52. The molecule has 0 radical (unpaired) electrons. The molecule has 0 spiro atoms. The molecule has 0 aliphatic carbocycles. The summed E-state index contributed by atoms with van der Waals surface area (Å²) in [5.74, 6) is -2.27. The maximum Gasteiger partial charge on any atom is 0.167 e. The maximum atomic E-state index is 13.5. The van der Waals surface area contributed by atoms with Crippen LogP contribution in [0.5, 0.6) is 0 Å². The number of halogens is 3. The number of anilines is 1. The molecule has 0 atom stereocenters. The van der Waals surface area contributed by atoms with Crippen LogP contribution in [0.4, 0.5) is 14.5 Å². The minimum absolute atomic E-state index is 0.0311. The van der Waals surface area contributed by atoms with Crippen molar-refractivity contribution in [2.45, 2.75) is 6.42 Å². The van der Waals surface area contributed by atoms with Crippen LogP contribution >= 0.6 is 15.9 Å². The molecule has 2 aromatic carbocycles. The highest BCUT2D eigenvalue weighted by Crippen LogP contribution is 2.20. The standard InChI is InChI=1S/C14H10BrF2NO/c15-10-4-9(5-11(18)7-10)13(19)6-8-2-1-3-12(16)14(8)17/h1-5,7H,6,18H2. The summed E-state index contributed by atoms with van der Waals surface area (Å²) in [7, 11) is 0. The van der Waals surface area contributed by atoms with Crippen LogP contribution in [0.2, 0.25) is 0 Å². The molecule has 0 aliphatic rings. The van der Waals surface area contributed by atoms with E-state index in [-0.39, 0.29) is 17.8 Å². The van der Waals surface area contributed by atoms with Gasteiger partial charge in [0.15, 0.2) is 17.4 Å². The van der Waals surface area contributed by atoms with Crippen LogP contribution in [0.3, 0.4) is 0 Å². The zero-order valence-electron chi connectivity index (χ0n) is 9.79. The first kappa shape index (κ1) is 13.7. The Hall–Kier alpha value is -1.75. The van der Waals surface area contributed by atoms with Crippen molar-refractivity contribution < 1.29 is 13.6 Å². The van der Waals surface area contributed by atoms with E-state index >= 15 is 0 Å². The number of hydrogen-bond acceptors (Lipinski definition) is 2. The summed E-state index contributed by atoms with van der Waals surface area (Å²) in [4.78, 5) is 12.0. The third-order valence-electron chi connectivity index (χ3n) is 2.62. The molecule has 0 saturated carbocycles. The largest absolute Gasteiger partial charge is 0.399 e. The van der Waals surface area contributed by atoms with Gasteiger partial charge in [-0.2, -0.15) is 0 Å². The normalized spacial score (nSPS) is 10.5. The van der Waals surface area contributed by atoms with Crippen LogP contribution in [0, 0.1) is 11.6 Å². The lowest BCUT2D eigenvalue weighted by molar-refractivity contribution is 0.0991. The monoisotopic (exact) mass is 325 g/mol. The molecule has 0 fully saturated rings. The van der Waals surface area contributed by atoms with E-state index in [9.17, 15) is 13.6 Å². The Labute approximate surface area is 117 Å². The highest BCUT2D eigenvalue weighted by Gasteiger charge is 2.13. The van der Waals surface area contributed by atoms with E-state index in [0.717, 1.165) is 6.07 Å². The lowest BCUT2D eigenvalue weighted by Crippen LogP contribution is -2.07. The molecule has 0 aromatic heterocycles. The number of ketones is 1. The molecule has 19 heavy (non-hydrogen) atoms. The molecule has 2 rings (SSSR count). The Morgan fingerprint density at radius 1 is 1.21 bits per heavy atom. The number of Topliss-reactive ketones (excluding diaryl/α,β-unsaturated/α-hetero) is 1. The molecule has 0 unspecified atom stereocenters. The first-order valence-electron chi connectivity index (χ1n) is 5.49. The van der Waals surface area contributed by atoms with Crippen molar-refractivity contribution in [3.8, 4) is 0 Å². The summed E-state index contributed by atoms with van der Waals surface area (Å²) in [5.41, 5.74) is 6.44. The van der Waals surface area contributed by atoms with Gasteiger partial charge in [0.25, 0.3) is 0 Å². The molecular weight excluding hydrogens is 316 g/mol. The van der Waals surface area contributed by atoms with Gasteiger partial charge in [-0.1, -0.05) is 28.1 Å². The van der Waals surface area contributed by atoms with E-state index in [1.54, 1.807) is 12.1 Å². The summed E-state index contributed by atoms with van der Waals surface area (Å²) >= 11 is 3.23. The van der Waals surface area contributed by atoms with E-state index < -0.39 is 11.6 Å². The minimum atomic E-state index is -0.987. The first-order valence-corrected chi connectivity index (χ1v) is 6.29. The van der Waals surface area contributed by atoms with E-state index in [1.807, 2.05) is 0 Å². The summed E-state index contributed by atoms with van der Waals surface area (Å²) in [5, 5.41) is 0. The van der Waals surface area contributed by atoms with Crippen LogP contribution in [-0.2, 0) is 6.42 Å². The number of nitrogens with two attached hydrogens (primary N) is 1. The summed E-state index contributed by atoms with van der Waals surface area (Å²) in [6.45, 7) is 0. The molecule has 2 aromatic rings. The molecule has 0 heterocycles. The predicted octanol–water partition coefficient (Wildman–Crippen LogP) is 3.73. The van der Waals surface area contributed by atoms with Gasteiger partial charge in [0.1, 0.15) is 0 Å². The third-order valence-corrected chi connectivity index (χ3v) is 3.08. The van der Waals surface area contributed by atoms with Crippen LogP contribution in [0.1, 0.15) is 15.9 Å². The fourth-order valence-electron chi connectivity index (χ4n) is 1.73. The summed E-state index contributed by atoms with van der Waals surface area (Å²) in [6.07, 6.45) is -0.209. The van der Waals surface area contributed by atoms with Gasteiger partial charge in [-0.25, -0.2) is 8.78 Å². The molecule has 0 aliphatic heterocycles. The highest BCUT2D eigenvalue weighted by molar-refractivity contribution is 9.10. The number of carbonyl (C=O) groups excluding carboxylic acids is 1. The Balaban J connectivity index is 2.28. The van der Waals surface area contributed by atoms with E-state index in [2.05, 4.69) is 15.9 Å². The molecule has 98 valence electrons. The number of benzene rings is 2. The fraction of sp³-hybridized carbons (Fsp3) is 0.0714. The number of hydrogen-bond donors (Lipinski definition) is 1. The van der Waals surface area contributed by atoms with Gasteiger partial charge < -0.3 is 5.73 Å². The number of nitrogen functional groups attached to an aromatic ring is 1. The zero-order valence-corrected chi connectivity index (χ0v) is 11.4. The van der Waals surface area contributed by atoms with Gasteiger partial charge >= 0.3 is 0 Å². The third kappa shape index (κ3) is 3.17. The fourth-order valence-corrected chi connectivity index (χ4v) is 2.24. The number of carbonyl (C=O) groups is 1. The zero-order chi connectivity index (χ0) is 14.0. The molecule has 2 N–H and O–H groups in total. The van der Waals surface area contributed by atoms with Gasteiger partial charge in [0.05, 0.1) is 0 Å². The van der Waals surface area contributed by atoms with Crippen molar-refractivity contribution >= 4 is 27.4 Å². The van der Waals surface area contributed by atoms with Crippen molar-refractivity contribution in [1.29, 1.82) is 0 Å². The van der Waals surface area contributed by atoms with Gasteiger partial charge in [-0.3, -0.25) is 4.79 Å². The van der Waals surface area contributed by atoms with Gasteiger partial charge in [0.2, 0.25) is 0 Å². The van der Waals surface area contributed by atoms with Crippen LogP contribution in [0.15, 0.2) is 40.9 Å². The molecule has 0 bridgehead atoms. The molecule has 5 heteroatoms. The molecule has 2 nitrogen and oxygen atoms in total. The molecule has 0 amide bonds. The van der Waals surface area contributed by atoms with Crippen molar-refractivity contribution in [2.75, 3.05) is 5.73 Å².